The van der Waals surface area contributed by atoms with Crippen LogP contribution in [0.1, 0.15) is 39.0 Å². The number of aromatic amines is 1. The van der Waals surface area contributed by atoms with Gasteiger partial charge in [0.25, 0.3) is 0 Å². The van der Waals surface area contributed by atoms with E-state index in [0.29, 0.717) is 37.3 Å². The van der Waals surface area contributed by atoms with Gasteiger partial charge in [0.1, 0.15) is 5.52 Å². The topological polar surface area (TPSA) is 139 Å². The number of nitrogens with one attached hydrogen (secondary N) is 1. The molecule has 1 saturated heterocycles. The van der Waals surface area contributed by atoms with Crippen molar-refractivity contribution in [2.75, 3.05) is 32.0 Å². The van der Waals surface area contributed by atoms with Crippen molar-refractivity contribution < 1.29 is 14.6 Å². The van der Waals surface area contributed by atoms with Gasteiger partial charge in [0.2, 0.25) is 0 Å². The van der Waals surface area contributed by atoms with Crippen LogP contribution in [0.5, 0.6) is 6.01 Å². The largest absolute Gasteiger partial charge is 0.481 e. The van der Waals surface area contributed by atoms with E-state index in [-0.39, 0.29) is 23.4 Å². The maximum atomic E-state index is 12.3. The summed E-state index contributed by atoms with van der Waals surface area (Å²) in [5.74, 6) is -0.854. The number of nitrogens with two attached hydrogens (primary N) is 1. The van der Waals surface area contributed by atoms with Gasteiger partial charge in [-0.2, -0.15) is 9.97 Å². The van der Waals surface area contributed by atoms with Crippen LogP contribution in [0.15, 0.2) is 4.79 Å². The Morgan fingerprint density at radius 3 is 2.93 bits per heavy atom. The van der Waals surface area contributed by atoms with Gasteiger partial charge in [-0.25, -0.2) is 4.79 Å². The summed E-state index contributed by atoms with van der Waals surface area (Å²) in [7, 11) is 0. The van der Waals surface area contributed by atoms with Crippen LogP contribution in [0.4, 0.5) is 5.82 Å². The molecule has 1 fully saturated rings. The smallest absolute Gasteiger partial charge is 0.327 e. The molecule has 0 saturated carbocycles. The maximum Gasteiger partial charge on any atom is 0.327 e. The molecule has 0 bridgehead atoms. The van der Waals surface area contributed by atoms with Gasteiger partial charge in [0.15, 0.2) is 11.5 Å². The van der Waals surface area contributed by atoms with E-state index < -0.39 is 5.97 Å². The van der Waals surface area contributed by atoms with E-state index in [4.69, 9.17) is 10.5 Å². The number of carboxylic acid groups (broad SMARTS) is 1. The Morgan fingerprint density at radius 2 is 2.18 bits per heavy atom. The number of aromatic nitrogens is 4. The Labute approximate surface area is 162 Å². The molecule has 1 aliphatic heterocycles. The first-order chi connectivity index (χ1) is 13.5. The number of imidazole rings is 1. The minimum atomic E-state index is -0.736. The highest BCUT2D eigenvalue weighted by Crippen LogP contribution is 2.19. The molecule has 0 spiro atoms. The van der Waals surface area contributed by atoms with Crippen LogP contribution in [-0.2, 0) is 11.3 Å². The van der Waals surface area contributed by atoms with Gasteiger partial charge in [-0.1, -0.05) is 13.3 Å². The average molecular weight is 392 g/mol. The van der Waals surface area contributed by atoms with Gasteiger partial charge in [0.05, 0.1) is 12.5 Å². The number of ether oxygens (including phenoxy) is 1. The third kappa shape index (κ3) is 4.61. The van der Waals surface area contributed by atoms with Gasteiger partial charge in [-0.05, 0) is 38.8 Å². The van der Waals surface area contributed by atoms with E-state index in [1.165, 1.54) is 0 Å². The van der Waals surface area contributed by atoms with Gasteiger partial charge < -0.3 is 25.5 Å². The number of H-pyrrole nitrogens is 1. The number of hydrogen-bond donors (Lipinski definition) is 3. The molecular weight excluding hydrogens is 364 g/mol. The minimum absolute atomic E-state index is 0.173. The average Bonchev–Trinajstić information content (AvgIpc) is 2.99. The van der Waals surface area contributed by atoms with Crippen molar-refractivity contribution in [3.05, 3.63) is 10.5 Å². The third-order valence-electron chi connectivity index (χ3n) is 5.07. The summed E-state index contributed by atoms with van der Waals surface area (Å²) in [5.41, 5.74) is 6.52. The first-order valence-electron chi connectivity index (χ1n) is 9.83. The summed E-state index contributed by atoms with van der Waals surface area (Å²) in [6, 6.07) is 0.173. The number of likely N-dealkylation sites (tertiary alicyclic amines) is 1. The second-order valence-corrected chi connectivity index (χ2v) is 7.21. The number of aliphatic carboxylic acids is 1. The number of carbonyl (C=O) groups is 1. The van der Waals surface area contributed by atoms with Crippen molar-refractivity contribution in [1.82, 2.24) is 24.4 Å². The van der Waals surface area contributed by atoms with Crippen molar-refractivity contribution in [2.45, 2.75) is 45.6 Å². The lowest BCUT2D eigenvalue weighted by molar-refractivity contribution is -0.143. The van der Waals surface area contributed by atoms with Crippen molar-refractivity contribution in [3.8, 4) is 6.01 Å². The van der Waals surface area contributed by atoms with Gasteiger partial charge >= 0.3 is 17.7 Å². The molecule has 28 heavy (non-hydrogen) atoms. The molecule has 10 heteroatoms. The summed E-state index contributed by atoms with van der Waals surface area (Å²) < 4.78 is 7.08. The lowest BCUT2D eigenvalue weighted by atomic mass is 9.98. The number of unbranched alkanes of at least 4 members (excludes halogenated alkanes) is 1. The zero-order chi connectivity index (χ0) is 20.1. The first-order valence-corrected chi connectivity index (χ1v) is 9.83. The SMILES string of the molecule is CCCCOc1nc(N)c2[nH]c(=O)n(CCCN3CCCC(C(=O)O)C3)c2n1. The predicted molar refractivity (Wildman–Crippen MR) is 104 cm³/mol. The zero-order valence-corrected chi connectivity index (χ0v) is 16.2. The summed E-state index contributed by atoms with van der Waals surface area (Å²) in [5, 5.41) is 9.20. The first kappa shape index (κ1) is 20.1. The third-order valence-corrected chi connectivity index (χ3v) is 5.07. The number of piperidine rings is 1. The number of fused-ring (bicyclic) bond motifs is 1. The summed E-state index contributed by atoms with van der Waals surface area (Å²) >= 11 is 0. The number of nitrogen functional groups attached to an aromatic ring is 1. The van der Waals surface area contributed by atoms with Gasteiger partial charge in [0, 0.05) is 13.1 Å². The Hall–Kier alpha value is -2.62. The molecule has 1 aliphatic rings. The van der Waals surface area contributed by atoms with Crippen LogP contribution in [0.3, 0.4) is 0 Å². The molecule has 4 N–H and O–H groups in total. The van der Waals surface area contributed by atoms with E-state index in [0.717, 1.165) is 38.8 Å². The molecule has 2 aromatic heterocycles. The monoisotopic (exact) mass is 392 g/mol. The van der Waals surface area contributed by atoms with E-state index in [2.05, 4.69) is 26.8 Å². The standard InChI is InChI=1S/C18H28N6O4/c1-2-3-10-28-17-21-14(19)13-15(22-17)24(18(27)20-13)9-5-8-23-7-4-6-12(11-23)16(25)26/h12H,2-11H2,1H3,(H,20,27)(H,25,26)(H2,19,21,22). The zero-order valence-electron chi connectivity index (χ0n) is 16.2. The molecule has 0 aromatic carbocycles. The maximum absolute atomic E-state index is 12.3. The van der Waals surface area contributed by atoms with Crippen LogP contribution in [0, 0.1) is 5.92 Å². The highest BCUT2D eigenvalue weighted by atomic mass is 16.5. The molecule has 1 atom stereocenters. The Balaban J connectivity index is 1.67. The fraction of sp³-hybridized carbons (Fsp3) is 0.667. The number of carboxylic acids is 1. The van der Waals surface area contributed by atoms with E-state index in [1.807, 2.05) is 0 Å². The molecule has 1 unspecified atom stereocenters. The van der Waals surface area contributed by atoms with Crippen molar-refractivity contribution >= 4 is 23.0 Å². The lowest BCUT2D eigenvalue weighted by Gasteiger charge is -2.30. The molecule has 0 radical (unpaired) electrons. The summed E-state index contributed by atoms with van der Waals surface area (Å²) in [6.07, 6.45) is 4.19. The molecule has 3 heterocycles. The van der Waals surface area contributed by atoms with Crippen LogP contribution >= 0.6 is 0 Å². The molecule has 154 valence electrons. The van der Waals surface area contributed by atoms with Crippen molar-refractivity contribution in [2.24, 2.45) is 5.92 Å². The molecule has 2 aromatic rings. The highest BCUT2D eigenvalue weighted by molar-refractivity contribution is 5.81. The minimum Gasteiger partial charge on any atom is -0.481 e. The van der Waals surface area contributed by atoms with Crippen LogP contribution in [0.2, 0.25) is 0 Å². The van der Waals surface area contributed by atoms with Crippen molar-refractivity contribution in [1.29, 1.82) is 0 Å². The molecule has 0 aliphatic carbocycles. The number of anilines is 1. The molecule has 0 amide bonds. The summed E-state index contributed by atoms with van der Waals surface area (Å²) in [4.78, 5) is 36.8. The second-order valence-electron chi connectivity index (χ2n) is 7.21. The van der Waals surface area contributed by atoms with Gasteiger partial charge in [-0.15, -0.1) is 0 Å². The Morgan fingerprint density at radius 1 is 1.36 bits per heavy atom. The molecule has 10 nitrogen and oxygen atoms in total. The quantitative estimate of drug-likeness (QED) is 0.538. The van der Waals surface area contributed by atoms with Gasteiger partial charge in [-0.3, -0.25) is 9.36 Å². The Bertz CT molecular complexity index is 877. The lowest BCUT2D eigenvalue weighted by Crippen LogP contribution is -2.39. The van der Waals surface area contributed by atoms with Crippen LogP contribution in [-0.4, -0.2) is 61.7 Å². The fourth-order valence-corrected chi connectivity index (χ4v) is 3.52. The number of rotatable bonds is 9. The van der Waals surface area contributed by atoms with Crippen molar-refractivity contribution in [3.63, 3.8) is 0 Å². The highest BCUT2D eigenvalue weighted by Gasteiger charge is 2.25. The van der Waals surface area contributed by atoms with E-state index in [1.54, 1.807) is 4.57 Å². The normalized spacial score (nSPS) is 17.8. The second kappa shape index (κ2) is 9.05. The van der Waals surface area contributed by atoms with E-state index >= 15 is 0 Å². The number of hydrogen-bond acceptors (Lipinski definition) is 7. The number of nitrogens with zero attached hydrogens (tertiary/aromatic N) is 4. The molecular formula is C18H28N6O4. The number of aryl methyl sites for hydroxylation is 1. The Kier molecular flexibility index (Phi) is 6.50. The molecule has 3 rings (SSSR count). The summed E-state index contributed by atoms with van der Waals surface area (Å²) in [6.45, 7) is 5.18. The predicted octanol–water partition coefficient (Wildman–Crippen LogP) is 1.07. The fourth-order valence-electron chi connectivity index (χ4n) is 3.52. The van der Waals surface area contributed by atoms with Crippen LogP contribution < -0.4 is 16.2 Å². The van der Waals surface area contributed by atoms with Crippen LogP contribution in [0.25, 0.3) is 11.2 Å². The van der Waals surface area contributed by atoms with E-state index in [9.17, 15) is 14.7 Å².